The monoisotopic (exact) mass is 450 g/mol. The number of aromatic nitrogens is 3. The molecule has 1 aromatic carbocycles. The summed E-state index contributed by atoms with van der Waals surface area (Å²) in [6, 6.07) is 5.60. The maximum atomic E-state index is 14.5. The van der Waals surface area contributed by atoms with Crippen molar-refractivity contribution < 1.29 is 12.8 Å². The predicted molar refractivity (Wildman–Crippen MR) is 118 cm³/mol. The minimum atomic E-state index is -3.17. The highest BCUT2D eigenvalue weighted by molar-refractivity contribution is 7.88. The molecule has 0 saturated carbocycles. The van der Waals surface area contributed by atoms with E-state index in [2.05, 4.69) is 20.3 Å². The zero-order valence-electron chi connectivity index (χ0n) is 17.0. The average molecular weight is 451 g/mol. The van der Waals surface area contributed by atoms with Crippen molar-refractivity contribution in [3.63, 3.8) is 0 Å². The van der Waals surface area contributed by atoms with Crippen LogP contribution in [0.25, 0.3) is 21.5 Å². The molecule has 3 heterocycles. The van der Waals surface area contributed by atoms with Crippen LogP contribution in [0.5, 0.6) is 0 Å². The molecule has 4 rings (SSSR count). The van der Waals surface area contributed by atoms with Crippen LogP contribution < -0.4 is 10.2 Å². The van der Waals surface area contributed by atoms with Crippen LogP contribution in [0.4, 0.5) is 15.5 Å². The van der Waals surface area contributed by atoms with E-state index in [-0.39, 0.29) is 11.7 Å². The van der Waals surface area contributed by atoms with Crippen molar-refractivity contribution in [1.29, 1.82) is 0 Å². The van der Waals surface area contributed by atoms with Gasteiger partial charge in [0, 0.05) is 38.8 Å². The summed E-state index contributed by atoms with van der Waals surface area (Å²) < 4.78 is 40.2. The number of anilines is 2. The van der Waals surface area contributed by atoms with E-state index in [1.807, 2.05) is 31.1 Å². The molecule has 8 nitrogen and oxygen atoms in total. The molecule has 0 aliphatic carbocycles. The topological polar surface area (TPSA) is 91.3 Å². The number of nitrogens with zero attached hydrogens (tertiary/aromatic N) is 5. The largest absolute Gasteiger partial charge is 0.354 e. The van der Waals surface area contributed by atoms with E-state index in [4.69, 9.17) is 0 Å². The van der Waals surface area contributed by atoms with E-state index in [1.54, 1.807) is 6.07 Å². The molecule has 1 N–H and O–H groups in total. The highest BCUT2D eigenvalue weighted by Crippen LogP contribution is 2.32. The van der Waals surface area contributed by atoms with Crippen molar-refractivity contribution in [2.24, 2.45) is 0 Å². The lowest BCUT2D eigenvalue weighted by Gasteiger charge is -2.30. The van der Waals surface area contributed by atoms with Crippen LogP contribution in [0.15, 0.2) is 24.4 Å². The number of halogens is 1. The number of rotatable bonds is 5. The summed E-state index contributed by atoms with van der Waals surface area (Å²) in [5.74, 6) is -0.160. The number of sulfonamides is 1. The second-order valence-corrected chi connectivity index (χ2v) is 10.5. The first-order valence-corrected chi connectivity index (χ1v) is 12.2. The lowest BCUT2D eigenvalue weighted by molar-refractivity contribution is 0.331. The van der Waals surface area contributed by atoms with Gasteiger partial charge >= 0.3 is 0 Å². The Morgan fingerprint density at radius 3 is 2.63 bits per heavy atom. The third-order valence-electron chi connectivity index (χ3n) is 5.03. The van der Waals surface area contributed by atoms with Gasteiger partial charge in [0.05, 0.1) is 22.7 Å². The van der Waals surface area contributed by atoms with Crippen LogP contribution in [0.2, 0.25) is 0 Å². The van der Waals surface area contributed by atoms with Crippen LogP contribution in [0.1, 0.15) is 12.8 Å². The van der Waals surface area contributed by atoms with Crippen molar-refractivity contribution in [3.05, 3.63) is 30.2 Å². The van der Waals surface area contributed by atoms with Gasteiger partial charge < -0.3 is 10.2 Å². The van der Waals surface area contributed by atoms with Gasteiger partial charge in [-0.1, -0.05) is 17.4 Å². The molecule has 0 radical (unpaired) electrons. The summed E-state index contributed by atoms with van der Waals surface area (Å²) >= 11 is 1.53. The maximum Gasteiger partial charge on any atom is 0.223 e. The molecular weight excluding hydrogens is 427 g/mol. The van der Waals surface area contributed by atoms with Gasteiger partial charge in [0.25, 0.3) is 0 Å². The Hall–Kier alpha value is -2.37. The average Bonchev–Trinajstić information content (AvgIpc) is 3.13. The molecule has 11 heteroatoms. The normalized spacial score (nSPS) is 16.1. The molecule has 0 amide bonds. The Morgan fingerprint density at radius 2 is 1.97 bits per heavy atom. The number of benzene rings is 1. The van der Waals surface area contributed by atoms with Gasteiger partial charge in [-0.15, -0.1) is 0 Å². The Labute approximate surface area is 178 Å². The highest BCUT2D eigenvalue weighted by atomic mass is 32.2. The minimum Gasteiger partial charge on any atom is -0.354 e. The zero-order valence-corrected chi connectivity index (χ0v) is 18.6. The number of thiazole rings is 1. The standard InChI is InChI=1S/C19H23FN6O2S2/c1-25(2)19-23-15-5-4-12(10-16(15)29-19)17-14(20)11-21-18(24-17)22-13-6-8-26(9-7-13)30(3,27)28/h4-5,10-11,13H,6-9H2,1-3H3,(H,21,22,24). The molecule has 1 aliphatic rings. The summed E-state index contributed by atoms with van der Waals surface area (Å²) in [4.78, 5) is 15.0. The minimum absolute atomic E-state index is 0.0351. The number of piperidine rings is 1. The van der Waals surface area contributed by atoms with Crippen LogP contribution in [0, 0.1) is 5.82 Å². The molecule has 3 aromatic rings. The van der Waals surface area contributed by atoms with Crippen molar-refractivity contribution in [2.75, 3.05) is 43.7 Å². The molecule has 1 fully saturated rings. The van der Waals surface area contributed by atoms with Crippen LogP contribution in [0.3, 0.4) is 0 Å². The van der Waals surface area contributed by atoms with Crippen molar-refractivity contribution in [2.45, 2.75) is 18.9 Å². The molecule has 1 aliphatic heterocycles. The first kappa shape index (κ1) is 20.9. The molecule has 0 atom stereocenters. The molecule has 30 heavy (non-hydrogen) atoms. The second kappa shape index (κ2) is 8.05. The van der Waals surface area contributed by atoms with Crippen molar-refractivity contribution in [1.82, 2.24) is 19.3 Å². The summed E-state index contributed by atoms with van der Waals surface area (Å²) in [7, 11) is 0.689. The fraction of sp³-hybridized carbons (Fsp3) is 0.421. The quantitative estimate of drug-likeness (QED) is 0.639. The Morgan fingerprint density at radius 1 is 1.23 bits per heavy atom. The first-order valence-electron chi connectivity index (χ1n) is 9.53. The predicted octanol–water partition coefficient (Wildman–Crippen LogP) is 2.79. The molecule has 2 aromatic heterocycles. The van der Waals surface area contributed by atoms with E-state index in [0.29, 0.717) is 37.4 Å². The van der Waals surface area contributed by atoms with E-state index in [0.717, 1.165) is 15.3 Å². The van der Waals surface area contributed by atoms with Crippen molar-refractivity contribution >= 4 is 42.7 Å². The SMILES string of the molecule is CN(C)c1nc2ccc(-c3nc(NC4CCN(S(C)(=O)=O)CC4)ncc3F)cc2s1. The smallest absolute Gasteiger partial charge is 0.223 e. The van der Waals surface area contributed by atoms with Gasteiger partial charge in [-0.3, -0.25) is 0 Å². The van der Waals surface area contributed by atoms with Gasteiger partial charge in [-0.25, -0.2) is 32.1 Å². The van der Waals surface area contributed by atoms with E-state index >= 15 is 0 Å². The molecule has 0 bridgehead atoms. The van der Waals surface area contributed by atoms with E-state index in [9.17, 15) is 12.8 Å². The Bertz CT molecular complexity index is 1170. The van der Waals surface area contributed by atoms with Gasteiger partial charge in [0.1, 0.15) is 5.69 Å². The van der Waals surface area contributed by atoms with Crippen LogP contribution in [-0.2, 0) is 10.0 Å². The van der Waals surface area contributed by atoms with Gasteiger partial charge in [-0.2, -0.15) is 0 Å². The van der Waals surface area contributed by atoms with E-state index < -0.39 is 15.8 Å². The third kappa shape index (κ3) is 4.37. The summed E-state index contributed by atoms with van der Waals surface area (Å²) in [6.07, 6.45) is 3.67. The third-order valence-corrected chi connectivity index (χ3v) is 7.52. The van der Waals surface area contributed by atoms with E-state index in [1.165, 1.54) is 28.1 Å². The fourth-order valence-corrected chi connectivity index (χ4v) is 5.21. The summed E-state index contributed by atoms with van der Waals surface area (Å²) in [5, 5.41) is 4.10. The molecule has 160 valence electrons. The molecule has 1 saturated heterocycles. The fourth-order valence-electron chi connectivity index (χ4n) is 3.40. The highest BCUT2D eigenvalue weighted by Gasteiger charge is 2.25. The lowest BCUT2D eigenvalue weighted by atomic mass is 10.1. The Balaban J connectivity index is 1.54. The number of fused-ring (bicyclic) bond motifs is 1. The van der Waals surface area contributed by atoms with Crippen LogP contribution >= 0.6 is 11.3 Å². The maximum absolute atomic E-state index is 14.5. The molecular formula is C19H23FN6O2S2. The zero-order chi connectivity index (χ0) is 21.5. The summed E-state index contributed by atoms with van der Waals surface area (Å²) in [5.41, 5.74) is 1.74. The van der Waals surface area contributed by atoms with Gasteiger partial charge in [0.2, 0.25) is 16.0 Å². The lowest BCUT2D eigenvalue weighted by Crippen LogP contribution is -2.42. The summed E-state index contributed by atoms with van der Waals surface area (Å²) in [6.45, 7) is 0.890. The molecule has 0 unspecified atom stereocenters. The number of hydrogen-bond donors (Lipinski definition) is 1. The second-order valence-electron chi connectivity index (χ2n) is 7.54. The number of nitrogens with one attached hydrogen (secondary N) is 1. The van der Waals surface area contributed by atoms with Crippen LogP contribution in [-0.4, -0.2) is 67.2 Å². The van der Waals surface area contributed by atoms with Crippen molar-refractivity contribution in [3.8, 4) is 11.3 Å². The van der Waals surface area contributed by atoms with Gasteiger partial charge in [-0.05, 0) is 25.0 Å². The Kier molecular flexibility index (Phi) is 5.60. The first-order chi connectivity index (χ1) is 14.2. The number of hydrogen-bond acceptors (Lipinski definition) is 8. The molecule has 0 spiro atoms. The van der Waals surface area contributed by atoms with Gasteiger partial charge in [0.15, 0.2) is 10.9 Å².